The highest BCUT2D eigenvalue weighted by molar-refractivity contribution is 7.15. The lowest BCUT2D eigenvalue weighted by Gasteiger charge is -2.10. The highest BCUT2D eigenvalue weighted by atomic mass is 32.1. The van der Waals surface area contributed by atoms with E-state index in [0.717, 1.165) is 11.4 Å². The number of rotatable bonds is 4. The number of anilines is 1. The van der Waals surface area contributed by atoms with E-state index in [1.165, 1.54) is 15.7 Å². The molecule has 0 aliphatic carbocycles. The first kappa shape index (κ1) is 12.7. The lowest BCUT2D eigenvalue weighted by atomic mass is 10.3. The zero-order chi connectivity index (χ0) is 13.9. The molecule has 0 saturated heterocycles. The van der Waals surface area contributed by atoms with Gasteiger partial charge in [0, 0.05) is 17.6 Å². The molecule has 2 heterocycles. The number of nitrogens with one attached hydrogen (secondary N) is 1. The van der Waals surface area contributed by atoms with Gasteiger partial charge in [0.05, 0.1) is 25.0 Å². The van der Waals surface area contributed by atoms with Gasteiger partial charge in [0.25, 0.3) is 5.56 Å². The van der Waals surface area contributed by atoms with Crippen LogP contribution >= 0.6 is 11.3 Å². The molecule has 3 aromatic rings. The van der Waals surface area contributed by atoms with Gasteiger partial charge in [-0.05, 0) is 12.1 Å². The molecule has 0 aliphatic heterocycles. The maximum atomic E-state index is 11.9. The SMILES string of the molecule is COc1ccccc1NCc1cc(=O)n2ccsc2n1. The van der Waals surface area contributed by atoms with E-state index in [0.29, 0.717) is 17.2 Å². The van der Waals surface area contributed by atoms with Gasteiger partial charge in [-0.2, -0.15) is 0 Å². The summed E-state index contributed by atoms with van der Waals surface area (Å²) in [5.74, 6) is 0.765. The van der Waals surface area contributed by atoms with Crippen LogP contribution in [0.5, 0.6) is 5.75 Å². The largest absolute Gasteiger partial charge is 0.495 e. The number of nitrogens with zero attached hydrogens (tertiary/aromatic N) is 2. The molecule has 0 radical (unpaired) electrons. The van der Waals surface area contributed by atoms with Crippen molar-refractivity contribution in [2.45, 2.75) is 6.54 Å². The summed E-state index contributed by atoms with van der Waals surface area (Å²) in [6.45, 7) is 0.476. The van der Waals surface area contributed by atoms with Gasteiger partial charge in [-0.3, -0.25) is 9.20 Å². The summed E-state index contributed by atoms with van der Waals surface area (Å²) in [7, 11) is 1.63. The van der Waals surface area contributed by atoms with Crippen LogP contribution in [-0.2, 0) is 6.54 Å². The molecule has 0 atom stereocenters. The Kier molecular flexibility index (Phi) is 3.39. The smallest absolute Gasteiger partial charge is 0.258 e. The molecule has 102 valence electrons. The fraction of sp³-hybridized carbons (Fsp3) is 0.143. The Labute approximate surface area is 119 Å². The molecule has 0 saturated carbocycles. The van der Waals surface area contributed by atoms with E-state index in [1.807, 2.05) is 29.6 Å². The van der Waals surface area contributed by atoms with Crippen LogP contribution in [0.4, 0.5) is 5.69 Å². The molecule has 0 fully saturated rings. The first-order valence-corrected chi connectivity index (χ1v) is 6.98. The third kappa shape index (κ3) is 2.37. The number of ether oxygens (including phenoxy) is 1. The van der Waals surface area contributed by atoms with Crippen molar-refractivity contribution in [2.24, 2.45) is 0 Å². The standard InChI is InChI=1S/C14H13N3O2S/c1-19-12-5-3-2-4-11(12)15-9-10-8-13(18)17-6-7-20-14(17)16-10/h2-8,15H,9H2,1H3. The normalized spacial score (nSPS) is 10.7. The number of thiazole rings is 1. The van der Waals surface area contributed by atoms with E-state index < -0.39 is 0 Å². The van der Waals surface area contributed by atoms with E-state index in [-0.39, 0.29) is 5.56 Å². The minimum atomic E-state index is -0.0620. The second-order valence-corrected chi connectivity index (χ2v) is 5.07. The predicted octanol–water partition coefficient (Wildman–Crippen LogP) is 2.38. The third-order valence-corrected chi connectivity index (χ3v) is 3.68. The van der Waals surface area contributed by atoms with Crippen molar-refractivity contribution in [3.05, 3.63) is 58.0 Å². The first-order valence-electron chi connectivity index (χ1n) is 6.10. The van der Waals surface area contributed by atoms with Crippen LogP contribution < -0.4 is 15.6 Å². The Bertz CT molecular complexity index is 794. The molecule has 0 spiro atoms. The van der Waals surface area contributed by atoms with Gasteiger partial charge in [0.1, 0.15) is 5.75 Å². The van der Waals surface area contributed by atoms with Gasteiger partial charge in [-0.1, -0.05) is 12.1 Å². The third-order valence-electron chi connectivity index (χ3n) is 2.92. The van der Waals surface area contributed by atoms with Crippen LogP contribution in [0.25, 0.3) is 4.96 Å². The molecule has 20 heavy (non-hydrogen) atoms. The monoisotopic (exact) mass is 287 g/mol. The summed E-state index contributed by atoms with van der Waals surface area (Å²) in [5.41, 5.74) is 1.53. The molecule has 6 heteroatoms. The van der Waals surface area contributed by atoms with Crippen LogP contribution in [0.3, 0.4) is 0 Å². The molecule has 0 bridgehead atoms. The summed E-state index contributed by atoms with van der Waals surface area (Å²) in [4.78, 5) is 17.0. The van der Waals surface area contributed by atoms with Crippen LogP contribution in [0.2, 0.25) is 0 Å². The molecular formula is C14H13N3O2S. The summed E-state index contributed by atoms with van der Waals surface area (Å²) < 4.78 is 6.81. The van der Waals surface area contributed by atoms with E-state index in [2.05, 4.69) is 10.3 Å². The average Bonchev–Trinajstić information content (AvgIpc) is 2.94. The van der Waals surface area contributed by atoms with Gasteiger partial charge in [-0.25, -0.2) is 4.98 Å². The maximum Gasteiger partial charge on any atom is 0.258 e. The summed E-state index contributed by atoms with van der Waals surface area (Å²) in [6.07, 6.45) is 1.73. The Balaban J connectivity index is 1.85. The average molecular weight is 287 g/mol. The van der Waals surface area contributed by atoms with Gasteiger partial charge in [0.2, 0.25) is 0 Å². The summed E-state index contributed by atoms with van der Waals surface area (Å²) in [5, 5.41) is 5.08. The number of hydrogen-bond donors (Lipinski definition) is 1. The van der Waals surface area contributed by atoms with Crippen molar-refractivity contribution in [1.82, 2.24) is 9.38 Å². The van der Waals surface area contributed by atoms with Crippen molar-refractivity contribution >= 4 is 22.0 Å². The van der Waals surface area contributed by atoms with Gasteiger partial charge >= 0.3 is 0 Å². The molecule has 1 N–H and O–H groups in total. The van der Waals surface area contributed by atoms with Crippen molar-refractivity contribution in [3.63, 3.8) is 0 Å². The number of methoxy groups -OCH3 is 1. The first-order chi connectivity index (χ1) is 9.78. The number of hydrogen-bond acceptors (Lipinski definition) is 5. The number of aromatic nitrogens is 2. The Morgan fingerprint density at radius 1 is 1.40 bits per heavy atom. The second kappa shape index (κ2) is 5.34. The molecule has 1 aromatic carbocycles. The Hall–Kier alpha value is -2.34. The zero-order valence-electron chi connectivity index (χ0n) is 10.9. The van der Waals surface area contributed by atoms with E-state index in [9.17, 15) is 4.79 Å². The molecule has 5 nitrogen and oxygen atoms in total. The minimum absolute atomic E-state index is 0.0620. The predicted molar refractivity (Wildman–Crippen MR) is 79.7 cm³/mol. The Morgan fingerprint density at radius 2 is 2.25 bits per heavy atom. The highest BCUT2D eigenvalue weighted by Gasteiger charge is 2.05. The zero-order valence-corrected chi connectivity index (χ0v) is 11.7. The van der Waals surface area contributed by atoms with Crippen molar-refractivity contribution in [1.29, 1.82) is 0 Å². The topological polar surface area (TPSA) is 55.6 Å². The highest BCUT2D eigenvalue weighted by Crippen LogP contribution is 2.23. The van der Waals surface area contributed by atoms with Gasteiger partial charge < -0.3 is 10.1 Å². The van der Waals surface area contributed by atoms with Crippen LogP contribution in [0.1, 0.15) is 5.69 Å². The Morgan fingerprint density at radius 3 is 3.10 bits per heavy atom. The molecule has 0 amide bonds. The molecular weight excluding hydrogens is 274 g/mol. The van der Waals surface area contributed by atoms with Crippen molar-refractivity contribution in [3.8, 4) is 5.75 Å². The van der Waals surface area contributed by atoms with Crippen LogP contribution in [0, 0.1) is 0 Å². The lowest BCUT2D eigenvalue weighted by molar-refractivity contribution is 0.416. The van der Waals surface area contributed by atoms with Gasteiger partial charge in [0.15, 0.2) is 4.96 Å². The van der Waals surface area contributed by atoms with E-state index >= 15 is 0 Å². The van der Waals surface area contributed by atoms with Gasteiger partial charge in [-0.15, -0.1) is 11.3 Å². The quantitative estimate of drug-likeness (QED) is 0.800. The maximum absolute atomic E-state index is 11.9. The number of fused-ring (bicyclic) bond motifs is 1. The van der Waals surface area contributed by atoms with Crippen LogP contribution in [0.15, 0.2) is 46.7 Å². The lowest BCUT2D eigenvalue weighted by Crippen LogP contribution is -2.14. The molecule has 0 unspecified atom stereocenters. The number of para-hydroxylation sites is 2. The fourth-order valence-corrected chi connectivity index (χ4v) is 2.69. The van der Waals surface area contributed by atoms with Crippen molar-refractivity contribution < 1.29 is 4.74 Å². The number of benzene rings is 1. The summed E-state index contributed by atoms with van der Waals surface area (Å²) >= 11 is 1.44. The van der Waals surface area contributed by atoms with E-state index in [4.69, 9.17) is 4.74 Å². The molecule has 3 rings (SSSR count). The van der Waals surface area contributed by atoms with Crippen LogP contribution in [-0.4, -0.2) is 16.5 Å². The molecule has 0 aliphatic rings. The fourth-order valence-electron chi connectivity index (χ4n) is 1.95. The van der Waals surface area contributed by atoms with Crippen molar-refractivity contribution in [2.75, 3.05) is 12.4 Å². The summed E-state index contributed by atoms with van der Waals surface area (Å²) in [6, 6.07) is 9.19. The second-order valence-electron chi connectivity index (χ2n) is 4.20. The molecule has 2 aromatic heterocycles. The van der Waals surface area contributed by atoms with E-state index in [1.54, 1.807) is 19.4 Å². The minimum Gasteiger partial charge on any atom is -0.495 e.